The SMILES string of the molecule is O=C([O-])C1(N2CC[C@@H](Oc3cccc(Cl)c3)C2)CC1.[Li+]. The zero-order valence-electron chi connectivity index (χ0n) is 11.5. The number of carbonyl (C=O) groups excluding carboxylic acids is 1. The van der Waals surface area contributed by atoms with Crippen molar-refractivity contribution in [2.45, 2.75) is 30.9 Å². The van der Waals surface area contributed by atoms with E-state index in [1.54, 1.807) is 12.1 Å². The summed E-state index contributed by atoms with van der Waals surface area (Å²) in [5.74, 6) is -0.214. The monoisotopic (exact) mass is 287 g/mol. The van der Waals surface area contributed by atoms with Gasteiger partial charge in [-0.15, -0.1) is 0 Å². The van der Waals surface area contributed by atoms with Gasteiger partial charge in [-0.1, -0.05) is 17.7 Å². The molecule has 1 saturated heterocycles. The Bertz CT molecular complexity index is 507. The van der Waals surface area contributed by atoms with Crippen LogP contribution in [0, 0.1) is 0 Å². The normalized spacial score (nSPS) is 23.9. The first-order valence-corrected chi connectivity index (χ1v) is 6.87. The Morgan fingerprint density at radius 3 is 2.80 bits per heavy atom. The van der Waals surface area contributed by atoms with E-state index in [9.17, 15) is 9.90 Å². The molecule has 2 fully saturated rings. The van der Waals surface area contributed by atoms with E-state index in [1.807, 2.05) is 17.0 Å². The number of rotatable bonds is 4. The van der Waals surface area contributed by atoms with Crippen LogP contribution in [0.4, 0.5) is 0 Å². The van der Waals surface area contributed by atoms with Crippen molar-refractivity contribution in [1.82, 2.24) is 4.90 Å². The van der Waals surface area contributed by atoms with Gasteiger partial charge in [0.15, 0.2) is 0 Å². The predicted octanol–water partition coefficient (Wildman–Crippen LogP) is -1.92. The van der Waals surface area contributed by atoms with Crippen LogP contribution in [0.5, 0.6) is 5.75 Å². The van der Waals surface area contributed by atoms with Gasteiger partial charge < -0.3 is 14.6 Å². The molecule has 1 saturated carbocycles. The van der Waals surface area contributed by atoms with Crippen LogP contribution in [0.25, 0.3) is 0 Å². The van der Waals surface area contributed by atoms with Gasteiger partial charge in [0.25, 0.3) is 0 Å². The summed E-state index contributed by atoms with van der Waals surface area (Å²) in [6.45, 7) is 1.39. The average molecular weight is 288 g/mol. The Morgan fingerprint density at radius 2 is 2.20 bits per heavy atom. The average Bonchev–Trinajstić information content (AvgIpc) is 3.05. The van der Waals surface area contributed by atoms with Gasteiger partial charge in [-0.05, 0) is 37.5 Å². The minimum Gasteiger partial charge on any atom is -0.548 e. The summed E-state index contributed by atoms with van der Waals surface area (Å²) in [6.07, 6.45) is 2.25. The molecule has 0 amide bonds. The second kappa shape index (κ2) is 5.99. The van der Waals surface area contributed by atoms with Crippen LogP contribution < -0.4 is 28.7 Å². The first-order valence-electron chi connectivity index (χ1n) is 6.49. The molecule has 1 aliphatic heterocycles. The van der Waals surface area contributed by atoms with Gasteiger partial charge in [0.05, 0.1) is 11.5 Å². The van der Waals surface area contributed by atoms with E-state index < -0.39 is 11.5 Å². The van der Waals surface area contributed by atoms with Crippen LogP contribution in [0.2, 0.25) is 5.02 Å². The van der Waals surface area contributed by atoms with E-state index in [1.165, 1.54) is 0 Å². The quantitative estimate of drug-likeness (QED) is 0.606. The van der Waals surface area contributed by atoms with Crippen molar-refractivity contribution in [2.75, 3.05) is 13.1 Å². The van der Waals surface area contributed by atoms with Gasteiger partial charge in [0, 0.05) is 18.1 Å². The van der Waals surface area contributed by atoms with Gasteiger partial charge in [-0.25, -0.2) is 0 Å². The Labute approximate surface area is 135 Å². The molecule has 6 heteroatoms. The molecule has 20 heavy (non-hydrogen) atoms. The Morgan fingerprint density at radius 1 is 1.45 bits per heavy atom. The smallest absolute Gasteiger partial charge is 0.548 e. The molecule has 1 aromatic rings. The number of aliphatic carboxylic acids is 1. The fourth-order valence-corrected chi connectivity index (χ4v) is 2.89. The first-order chi connectivity index (χ1) is 9.10. The van der Waals surface area contributed by atoms with Gasteiger partial charge >= 0.3 is 18.9 Å². The number of hydrogen-bond donors (Lipinski definition) is 0. The van der Waals surface area contributed by atoms with Crippen molar-refractivity contribution in [3.8, 4) is 5.75 Å². The van der Waals surface area contributed by atoms with Crippen molar-refractivity contribution >= 4 is 17.6 Å². The molecular formula is C14H15ClLiNO3. The number of ether oxygens (including phenoxy) is 1. The third-order valence-electron chi connectivity index (χ3n) is 3.95. The number of nitrogens with zero attached hydrogens (tertiary/aromatic N) is 1. The molecule has 1 aliphatic carbocycles. The number of carbonyl (C=O) groups is 1. The van der Waals surface area contributed by atoms with Gasteiger partial charge in [-0.3, -0.25) is 4.90 Å². The summed E-state index contributed by atoms with van der Waals surface area (Å²) in [4.78, 5) is 13.2. The summed E-state index contributed by atoms with van der Waals surface area (Å²) in [5, 5.41) is 11.8. The van der Waals surface area contributed by atoms with Gasteiger partial charge in [0.2, 0.25) is 0 Å². The summed E-state index contributed by atoms with van der Waals surface area (Å²) >= 11 is 5.91. The Kier molecular flexibility index (Phi) is 4.71. The molecule has 1 atom stereocenters. The third kappa shape index (κ3) is 2.99. The van der Waals surface area contributed by atoms with Crippen molar-refractivity contribution < 1.29 is 33.5 Å². The van der Waals surface area contributed by atoms with Crippen LogP contribution in [-0.2, 0) is 4.79 Å². The zero-order chi connectivity index (χ0) is 13.5. The van der Waals surface area contributed by atoms with E-state index in [0.29, 0.717) is 24.4 Å². The van der Waals surface area contributed by atoms with Crippen LogP contribution in [-0.4, -0.2) is 35.6 Å². The summed E-state index contributed by atoms with van der Waals surface area (Å²) in [5.41, 5.74) is -0.716. The van der Waals surface area contributed by atoms with Gasteiger partial charge in [0.1, 0.15) is 11.9 Å². The Balaban J connectivity index is 0.00000147. The maximum absolute atomic E-state index is 11.2. The largest absolute Gasteiger partial charge is 1.00 e. The summed E-state index contributed by atoms with van der Waals surface area (Å²) in [6, 6.07) is 7.27. The second-order valence-electron chi connectivity index (χ2n) is 5.25. The molecule has 0 radical (unpaired) electrons. The molecule has 102 valence electrons. The zero-order valence-corrected chi connectivity index (χ0v) is 12.2. The van der Waals surface area contributed by atoms with E-state index in [-0.39, 0.29) is 25.0 Å². The third-order valence-corrected chi connectivity index (χ3v) is 4.19. The maximum Gasteiger partial charge on any atom is 1.00 e. The number of carboxylic acid groups (broad SMARTS) is 1. The maximum atomic E-state index is 11.2. The number of likely N-dealkylation sites (tertiary alicyclic amines) is 1. The summed E-state index contributed by atoms with van der Waals surface area (Å²) < 4.78 is 5.85. The second-order valence-corrected chi connectivity index (χ2v) is 5.69. The Hall–Kier alpha value is -0.663. The predicted molar refractivity (Wildman–Crippen MR) is 69.0 cm³/mol. The van der Waals surface area contributed by atoms with Crippen LogP contribution in [0.1, 0.15) is 19.3 Å². The molecule has 0 unspecified atom stereocenters. The van der Waals surface area contributed by atoms with E-state index in [2.05, 4.69) is 0 Å². The van der Waals surface area contributed by atoms with Crippen molar-refractivity contribution in [3.05, 3.63) is 29.3 Å². The number of halogens is 1. The van der Waals surface area contributed by atoms with Crippen molar-refractivity contribution in [1.29, 1.82) is 0 Å². The number of hydrogen-bond acceptors (Lipinski definition) is 4. The topological polar surface area (TPSA) is 52.6 Å². The fraction of sp³-hybridized carbons (Fsp3) is 0.500. The van der Waals surface area contributed by atoms with Crippen molar-refractivity contribution in [2.24, 2.45) is 0 Å². The standard InChI is InChI=1S/C14H16ClNO3.Li/c15-10-2-1-3-11(8-10)19-12-4-7-16(9-12)14(5-6-14)13(17)18;/h1-3,8,12H,4-7,9H2,(H,17,18);/q;+1/p-1/t12-;/m1./s1. The molecular weight excluding hydrogens is 273 g/mol. The molecule has 0 aromatic heterocycles. The number of carboxylic acids is 1. The molecule has 0 bridgehead atoms. The van der Waals surface area contributed by atoms with Gasteiger partial charge in [-0.2, -0.15) is 0 Å². The minimum absolute atomic E-state index is 0. The molecule has 4 nitrogen and oxygen atoms in total. The summed E-state index contributed by atoms with van der Waals surface area (Å²) in [7, 11) is 0. The minimum atomic E-state index is -0.948. The van der Waals surface area contributed by atoms with Crippen LogP contribution in [0.15, 0.2) is 24.3 Å². The number of benzene rings is 1. The molecule has 1 heterocycles. The molecule has 3 rings (SSSR count). The van der Waals surface area contributed by atoms with Crippen LogP contribution in [0.3, 0.4) is 0 Å². The van der Waals surface area contributed by atoms with E-state index >= 15 is 0 Å². The van der Waals surface area contributed by atoms with E-state index in [0.717, 1.165) is 18.7 Å². The molecule has 2 aliphatic rings. The molecule has 0 N–H and O–H groups in total. The molecule has 0 spiro atoms. The van der Waals surface area contributed by atoms with E-state index in [4.69, 9.17) is 16.3 Å². The first kappa shape index (κ1) is 15.7. The van der Waals surface area contributed by atoms with Crippen molar-refractivity contribution in [3.63, 3.8) is 0 Å². The van der Waals surface area contributed by atoms with Crippen LogP contribution >= 0.6 is 11.6 Å². The molecule has 1 aromatic carbocycles. The fourth-order valence-electron chi connectivity index (χ4n) is 2.71.